The van der Waals surface area contributed by atoms with Gasteiger partial charge in [-0.25, -0.2) is 8.78 Å². The van der Waals surface area contributed by atoms with Crippen LogP contribution in [0.1, 0.15) is 24.9 Å². The second-order valence-corrected chi connectivity index (χ2v) is 3.35. The van der Waals surface area contributed by atoms with Crippen molar-refractivity contribution in [2.45, 2.75) is 19.4 Å². The number of halogens is 2. The zero-order chi connectivity index (χ0) is 12.1. The monoisotopic (exact) mass is 229 g/mol. The molecule has 5 heteroatoms. The van der Waals surface area contributed by atoms with E-state index in [-0.39, 0.29) is 12.0 Å². The third-order valence-corrected chi connectivity index (χ3v) is 2.19. The second kappa shape index (κ2) is 5.55. The van der Waals surface area contributed by atoms with E-state index in [0.29, 0.717) is 6.54 Å². The molecule has 0 aromatic heterocycles. The lowest BCUT2D eigenvalue weighted by molar-refractivity contribution is -0.137. The lowest BCUT2D eigenvalue weighted by Gasteiger charge is -2.16. The Morgan fingerprint density at radius 2 is 2.19 bits per heavy atom. The van der Waals surface area contributed by atoms with Gasteiger partial charge in [0.15, 0.2) is 11.6 Å². The Kier molecular flexibility index (Phi) is 4.37. The maximum Gasteiger partial charge on any atom is 0.305 e. The number of nitrogens with one attached hydrogen (secondary N) is 1. The molecule has 0 fully saturated rings. The molecule has 0 spiro atoms. The van der Waals surface area contributed by atoms with Gasteiger partial charge in [-0.1, -0.05) is 19.1 Å². The minimum Gasteiger partial charge on any atom is -0.481 e. The lowest BCUT2D eigenvalue weighted by Crippen LogP contribution is -2.24. The average molecular weight is 229 g/mol. The molecule has 16 heavy (non-hydrogen) atoms. The van der Waals surface area contributed by atoms with Gasteiger partial charge >= 0.3 is 5.97 Å². The smallest absolute Gasteiger partial charge is 0.305 e. The first-order chi connectivity index (χ1) is 7.56. The van der Waals surface area contributed by atoms with Crippen LogP contribution >= 0.6 is 0 Å². The van der Waals surface area contributed by atoms with E-state index in [4.69, 9.17) is 5.11 Å². The van der Waals surface area contributed by atoms with Crippen LogP contribution in [0.2, 0.25) is 0 Å². The summed E-state index contributed by atoms with van der Waals surface area (Å²) in [6, 6.07) is 3.04. The van der Waals surface area contributed by atoms with Gasteiger partial charge in [-0.15, -0.1) is 0 Å². The minimum absolute atomic E-state index is 0.0456. The first-order valence-corrected chi connectivity index (χ1v) is 4.95. The Morgan fingerprint density at radius 3 is 2.75 bits per heavy atom. The van der Waals surface area contributed by atoms with Crippen molar-refractivity contribution >= 4 is 5.97 Å². The van der Waals surface area contributed by atoms with E-state index < -0.39 is 23.6 Å². The van der Waals surface area contributed by atoms with Gasteiger partial charge in [-0.2, -0.15) is 0 Å². The Bertz CT molecular complexity index is 382. The van der Waals surface area contributed by atoms with Crippen LogP contribution < -0.4 is 5.32 Å². The van der Waals surface area contributed by atoms with Crippen LogP contribution in [0.15, 0.2) is 18.2 Å². The standard InChI is InChI=1S/C11H13F2NO2/c1-2-14-9(6-10(15)16)7-4-3-5-8(12)11(7)13/h3-5,9,14H,2,6H2,1H3,(H,15,16). The molecule has 1 aromatic carbocycles. The fourth-order valence-corrected chi connectivity index (χ4v) is 1.50. The number of hydrogen-bond donors (Lipinski definition) is 2. The highest BCUT2D eigenvalue weighted by Gasteiger charge is 2.19. The molecule has 0 radical (unpaired) electrons. The van der Waals surface area contributed by atoms with Gasteiger partial charge in [0.05, 0.1) is 6.42 Å². The van der Waals surface area contributed by atoms with Crippen molar-refractivity contribution in [1.29, 1.82) is 0 Å². The Labute approximate surface area is 92.1 Å². The van der Waals surface area contributed by atoms with Crippen LogP contribution in [0, 0.1) is 11.6 Å². The lowest BCUT2D eigenvalue weighted by atomic mass is 10.0. The number of rotatable bonds is 5. The molecule has 0 saturated carbocycles. The maximum atomic E-state index is 13.4. The summed E-state index contributed by atoms with van der Waals surface area (Å²) >= 11 is 0. The number of carboxylic acid groups (broad SMARTS) is 1. The van der Waals surface area contributed by atoms with Crippen molar-refractivity contribution in [2.75, 3.05) is 6.54 Å². The highest BCUT2D eigenvalue weighted by Crippen LogP contribution is 2.21. The molecule has 0 heterocycles. The van der Waals surface area contributed by atoms with Crippen molar-refractivity contribution in [1.82, 2.24) is 5.32 Å². The number of aliphatic carboxylic acids is 1. The predicted molar refractivity (Wildman–Crippen MR) is 55.0 cm³/mol. The van der Waals surface area contributed by atoms with Crippen LogP contribution in [0.3, 0.4) is 0 Å². The molecule has 0 amide bonds. The first-order valence-electron chi connectivity index (χ1n) is 4.95. The number of benzene rings is 1. The minimum atomic E-state index is -1.06. The summed E-state index contributed by atoms with van der Waals surface area (Å²) in [6.07, 6.45) is -0.284. The van der Waals surface area contributed by atoms with Gasteiger partial charge in [0.25, 0.3) is 0 Å². The van der Waals surface area contributed by atoms with Gasteiger partial charge in [0.1, 0.15) is 0 Å². The molecular weight excluding hydrogens is 216 g/mol. The van der Waals surface area contributed by atoms with Crippen LogP contribution in [0.25, 0.3) is 0 Å². The molecule has 1 aromatic rings. The molecule has 1 atom stereocenters. The van der Waals surface area contributed by atoms with E-state index in [1.807, 2.05) is 0 Å². The normalized spacial score (nSPS) is 12.4. The Balaban J connectivity index is 3.00. The molecule has 0 aliphatic heterocycles. The van der Waals surface area contributed by atoms with E-state index in [9.17, 15) is 13.6 Å². The van der Waals surface area contributed by atoms with Crippen LogP contribution in [-0.2, 0) is 4.79 Å². The number of hydrogen-bond acceptors (Lipinski definition) is 2. The van der Waals surface area contributed by atoms with Gasteiger partial charge in [-0.3, -0.25) is 4.79 Å². The van der Waals surface area contributed by atoms with Crippen molar-refractivity contribution in [3.8, 4) is 0 Å². The molecule has 2 N–H and O–H groups in total. The summed E-state index contributed by atoms with van der Waals surface area (Å²) in [5, 5.41) is 11.5. The highest BCUT2D eigenvalue weighted by atomic mass is 19.2. The van der Waals surface area contributed by atoms with E-state index >= 15 is 0 Å². The zero-order valence-corrected chi connectivity index (χ0v) is 8.84. The van der Waals surface area contributed by atoms with Crippen LogP contribution in [0.4, 0.5) is 8.78 Å². The van der Waals surface area contributed by atoms with Crippen LogP contribution in [-0.4, -0.2) is 17.6 Å². The van der Waals surface area contributed by atoms with Crippen molar-refractivity contribution < 1.29 is 18.7 Å². The van der Waals surface area contributed by atoms with Gasteiger partial charge in [0.2, 0.25) is 0 Å². The molecule has 3 nitrogen and oxygen atoms in total. The van der Waals surface area contributed by atoms with Gasteiger partial charge in [0, 0.05) is 11.6 Å². The second-order valence-electron chi connectivity index (χ2n) is 3.35. The summed E-state index contributed by atoms with van der Waals surface area (Å²) in [7, 11) is 0. The molecule has 0 aliphatic rings. The third-order valence-electron chi connectivity index (χ3n) is 2.19. The zero-order valence-electron chi connectivity index (χ0n) is 8.84. The summed E-state index contributed by atoms with van der Waals surface area (Å²) < 4.78 is 26.4. The van der Waals surface area contributed by atoms with Gasteiger partial charge < -0.3 is 10.4 Å². The summed E-state index contributed by atoms with van der Waals surface area (Å²) in [6.45, 7) is 2.25. The number of carboxylic acids is 1. The third kappa shape index (κ3) is 3.00. The molecule has 1 unspecified atom stereocenters. The first kappa shape index (κ1) is 12.6. The van der Waals surface area contributed by atoms with E-state index in [1.165, 1.54) is 12.1 Å². The molecule has 88 valence electrons. The summed E-state index contributed by atoms with van der Waals surface area (Å²) in [5.74, 6) is -3.02. The molecule has 1 rings (SSSR count). The Morgan fingerprint density at radius 1 is 1.50 bits per heavy atom. The van der Waals surface area contributed by atoms with Crippen LogP contribution in [0.5, 0.6) is 0 Å². The van der Waals surface area contributed by atoms with E-state index in [0.717, 1.165) is 6.07 Å². The molecule has 0 saturated heterocycles. The summed E-state index contributed by atoms with van der Waals surface area (Å²) in [5.41, 5.74) is 0.0456. The predicted octanol–water partition coefficient (Wildman–Crippen LogP) is 2.09. The van der Waals surface area contributed by atoms with E-state index in [1.54, 1.807) is 6.92 Å². The average Bonchev–Trinajstić information content (AvgIpc) is 2.21. The fourth-order valence-electron chi connectivity index (χ4n) is 1.50. The topological polar surface area (TPSA) is 49.3 Å². The van der Waals surface area contributed by atoms with Gasteiger partial charge in [-0.05, 0) is 12.6 Å². The summed E-state index contributed by atoms with van der Waals surface area (Å²) in [4.78, 5) is 10.6. The Hall–Kier alpha value is -1.49. The largest absolute Gasteiger partial charge is 0.481 e. The highest BCUT2D eigenvalue weighted by molar-refractivity contribution is 5.68. The quantitative estimate of drug-likeness (QED) is 0.812. The molecule has 0 aliphatic carbocycles. The molecular formula is C11H13F2NO2. The van der Waals surface area contributed by atoms with E-state index in [2.05, 4.69) is 5.32 Å². The number of carbonyl (C=O) groups is 1. The fraction of sp³-hybridized carbons (Fsp3) is 0.364. The SMILES string of the molecule is CCNC(CC(=O)O)c1cccc(F)c1F. The maximum absolute atomic E-state index is 13.4. The van der Waals surface area contributed by atoms with Crippen molar-refractivity contribution in [2.24, 2.45) is 0 Å². The molecule has 0 bridgehead atoms. The van der Waals surface area contributed by atoms with Crippen molar-refractivity contribution in [3.63, 3.8) is 0 Å². The van der Waals surface area contributed by atoms with Crippen molar-refractivity contribution in [3.05, 3.63) is 35.4 Å².